The van der Waals surface area contributed by atoms with Gasteiger partial charge in [0, 0.05) is 24.7 Å². The molecule has 106 valence electrons. The van der Waals surface area contributed by atoms with Gasteiger partial charge < -0.3 is 5.73 Å². The minimum Gasteiger partial charge on any atom is -0.326 e. The highest BCUT2D eigenvalue weighted by atomic mass is 35.5. The highest BCUT2D eigenvalue weighted by Crippen LogP contribution is 2.28. The first-order chi connectivity index (χ1) is 8.96. The van der Waals surface area contributed by atoms with E-state index in [-0.39, 0.29) is 10.9 Å². The molecule has 1 aliphatic rings. The Kier molecular flexibility index (Phi) is 4.50. The molecule has 0 aromatic heterocycles. The number of sulfonamides is 1. The van der Waals surface area contributed by atoms with E-state index in [0.29, 0.717) is 11.6 Å². The Morgan fingerprint density at radius 3 is 2.53 bits per heavy atom. The van der Waals surface area contributed by atoms with E-state index in [9.17, 15) is 8.42 Å². The van der Waals surface area contributed by atoms with Crippen LogP contribution < -0.4 is 5.73 Å². The molecule has 0 saturated heterocycles. The van der Waals surface area contributed by atoms with Crippen LogP contribution in [-0.2, 0) is 16.6 Å². The highest BCUT2D eigenvalue weighted by molar-refractivity contribution is 7.89. The molecule has 0 radical (unpaired) electrons. The molecule has 1 aliphatic carbocycles. The molecule has 2 rings (SSSR count). The summed E-state index contributed by atoms with van der Waals surface area (Å²) in [6, 6.07) is 4.86. The quantitative estimate of drug-likeness (QED) is 0.928. The Bertz CT molecular complexity index is 554. The average Bonchev–Trinajstić information content (AvgIpc) is 2.91. The van der Waals surface area contributed by atoms with Gasteiger partial charge in [-0.3, -0.25) is 0 Å². The standard InChI is InChI=1S/C13H19ClN2O2S/c1-16(11-4-2-3-5-11)19(17,18)12-7-6-10(9-15)13(14)8-12/h6-8,11H,2-5,9,15H2,1H3. The monoisotopic (exact) mass is 302 g/mol. The first kappa shape index (κ1) is 14.8. The Morgan fingerprint density at radius 1 is 1.37 bits per heavy atom. The second-order valence-electron chi connectivity index (χ2n) is 4.92. The fourth-order valence-corrected chi connectivity index (χ4v) is 4.25. The molecule has 1 aromatic rings. The number of nitrogens with two attached hydrogens (primary N) is 1. The smallest absolute Gasteiger partial charge is 0.243 e. The third-order valence-electron chi connectivity index (χ3n) is 3.76. The zero-order valence-electron chi connectivity index (χ0n) is 11.0. The molecule has 0 heterocycles. The summed E-state index contributed by atoms with van der Waals surface area (Å²) in [5, 5.41) is 0.406. The van der Waals surface area contributed by atoms with Gasteiger partial charge in [-0.15, -0.1) is 0 Å². The largest absolute Gasteiger partial charge is 0.326 e. The Balaban J connectivity index is 2.30. The van der Waals surface area contributed by atoms with Gasteiger partial charge >= 0.3 is 0 Å². The van der Waals surface area contributed by atoms with E-state index in [1.54, 1.807) is 19.2 Å². The van der Waals surface area contributed by atoms with Gasteiger partial charge in [0.15, 0.2) is 0 Å². The average molecular weight is 303 g/mol. The third-order valence-corrected chi connectivity index (χ3v) is 6.02. The van der Waals surface area contributed by atoms with Crippen molar-refractivity contribution in [3.8, 4) is 0 Å². The summed E-state index contributed by atoms with van der Waals surface area (Å²) in [7, 11) is -1.81. The predicted molar refractivity (Wildman–Crippen MR) is 76.5 cm³/mol. The van der Waals surface area contributed by atoms with Gasteiger partial charge in [0.2, 0.25) is 10.0 Å². The minimum absolute atomic E-state index is 0.109. The highest BCUT2D eigenvalue weighted by Gasteiger charge is 2.30. The zero-order chi connectivity index (χ0) is 14.0. The van der Waals surface area contributed by atoms with E-state index in [2.05, 4.69) is 0 Å². The SMILES string of the molecule is CN(C1CCCC1)S(=O)(=O)c1ccc(CN)c(Cl)c1. The molecule has 0 aliphatic heterocycles. The van der Waals surface area contributed by atoms with E-state index >= 15 is 0 Å². The Morgan fingerprint density at radius 2 is 2.00 bits per heavy atom. The summed E-state index contributed by atoms with van der Waals surface area (Å²) < 4.78 is 26.5. The molecule has 19 heavy (non-hydrogen) atoms. The molecule has 4 nitrogen and oxygen atoms in total. The fraction of sp³-hybridized carbons (Fsp3) is 0.538. The van der Waals surface area contributed by atoms with Crippen LogP contribution in [0.4, 0.5) is 0 Å². The Hall–Kier alpha value is -0.620. The summed E-state index contributed by atoms with van der Waals surface area (Å²) in [5.74, 6) is 0. The molecule has 0 spiro atoms. The normalized spacial score (nSPS) is 17.3. The lowest BCUT2D eigenvalue weighted by Gasteiger charge is -2.23. The van der Waals surface area contributed by atoms with Gasteiger partial charge in [0.05, 0.1) is 4.90 Å². The van der Waals surface area contributed by atoms with Gasteiger partial charge in [0.25, 0.3) is 0 Å². The summed E-state index contributed by atoms with van der Waals surface area (Å²) in [6.45, 7) is 0.303. The number of hydrogen-bond acceptors (Lipinski definition) is 3. The molecule has 0 atom stereocenters. The lowest BCUT2D eigenvalue weighted by Crippen LogP contribution is -2.35. The van der Waals surface area contributed by atoms with E-state index in [1.807, 2.05) is 0 Å². The maximum absolute atomic E-state index is 12.5. The van der Waals surface area contributed by atoms with Gasteiger partial charge in [-0.1, -0.05) is 30.5 Å². The van der Waals surface area contributed by atoms with Crippen molar-refractivity contribution in [2.45, 2.75) is 43.2 Å². The van der Waals surface area contributed by atoms with E-state index in [1.165, 1.54) is 10.4 Å². The third kappa shape index (κ3) is 2.94. The van der Waals surface area contributed by atoms with Gasteiger partial charge in [0.1, 0.15) is 0 Å². The van der Waals surface area contributed by atoms with E-state index < -0.39 is 10.0 Å². The van der Waals surface area contributed by atoms with Crippen LogP contribution in [0.15, 0.2) is 23.1 Å². The molecular weight excluding hydrogens is 284 g/mol. The van der Waals surface area contributed by atoms with Crippen molar-refractivity contribution in [1.82, 2.24) is 4.31 Å². The van der Waals surface area contributed by atoms with Crippen LogP contribution in [0.5, 0.6) is 0 Å². The topological polar surface area (TPSA) is 63.4 Å². The van der Waals surface area contributed by atoms with Crippen molar-refractivity contribution in [3.05, 3.63) is 28.8 Å². The maximum Gasteiger partial charge on any atom is 0.243 e. The van der Waals surface area contributed by atoms with E-state index in [0.717, 1.165) is 31.2 Å². The van der Waals surface area contributed by atoms with Gasteiger partial charge in [-0.05, 0) is 30.5 Å². The van der Waals surface area contributed by atoms with Gasteiger partial charge in [-0.2, -0.15) is 4.31 Å². The van der Waals surface area contributed by atoms with Crippen molar-refractivity contribution in [2.75, 3.05) is 7.05 Å². The number of halogens is 1. The van der Waals surface area contributed by atoms with Crippen LogP contribution in [0.2, 0.25) is 5.02 Å². The fourth-order valence-electron chi connectivity index (χ4n) is 2.48. The number of benzene rings is 1. The summed E-state index contributed by atoms with van der Waals surface area (Å²) in [6.07, 6.45) is 4.06. The van der Waals surface area contributed by atoms with Crippen LogP contribution in [0.25, 0.3) is 0 Å². The van der Waals surface area contributed by atoms with Crippen molar-refractivity contribution in [2.24, 2.45) is 5.73 Å². The van der Waals surface area contributed by atoms with Crippen molar-refractivity contribution < 1.29 is 8.42 Å². The first-order valence-electron chi connectivity index (χ1n) is 6.43. The molecule has 1 saturated carbocycles. The molecule has 0 unspecified atom stereocenters. The summed E-state index contributed by atoms with van der Waals surface area (Å²) in [4.78, 5) is 0.240. The minimum atomic E-state index is -3.46. The molecular formula is C13H19ClN2O2S. The van der Waals surface area contributed by atoms with Crippen molar-refractivity contribution in [3.63, 3.8) is 0 Å². The van der Waals surface area contributed by atoms with Crippen LogP contribution in [0.3, 0.4) is 0 Å². The van der Waals surface area contributed by atoms with E-state index in [4.69, 9.17) is 17.3 Å². The van der Waals surface area contributed by atoms with Gasteiger partial charge in [-0.25, -0.2) is 8.42 Å². The number of rotatable bonds is 4. The molecule has 2 N–H and O–H groups in total. The van der Waals surface area contributed by atoms with Crippen LogP contribution in [-0.4, -0.2) is 25.8 Å². The molecule has 0 bridgehead atoms. The second kappa shape index (κ2) is 5.79. The predicted octanol–water partition coefficient (Wildman–Crippen LogP) is 2.36. The summed E-state index contributed by atoms with van der Waals surface area (Å²) in [5.41, 5.74) is 6.28. The Labute approximate surface area is 119 Å². The van der Waals surface area contributed by atoms with Crippen LogP contribution >= 0.6 is 11.6 Å². The van der Waals surface area contributed by atoms with Crippen LogP contribution in [0.1, 0.15) is 31.2 Å². The lowest BCUT2D eigenvalue weighted by atomic mass is 10.2. The lowest BCUT2D eigenvalue weighted by molar-refractivity contribution is 0.373. The van der Waals surface area contributed by atoms with Crippen LogP contribution in [0, 0.1) is 0 Å². The molecule has 1 fully saturated rings. The number of nitrogens with zero attached hydrogens (tertiary/aromatic N) is 1. The zero-order valence-corrected chi connectivity index (χ0v) is 12.5. The first-order valence-corrected chi connectivity index (χ1v) is 8.25. The number of hydrogen-bond donors (Lipinski definition) is 1. The molecule has 1 aromatic carbocycles. The second-order valence-corrected chi connectivity index (χ2v) is 7.32. The maximum atomic E-state index is 12.5. The molecule has 6 heteroatoms. The van der Waals surface area contributed by atoms with Crippen molar-refractivity contribution in [1.29, 1.82) is 0 Å². The molecule has 0 amide bonds. The summed E-state index contributed by atoms with van der Waals surface area (Å²) >= 11 is 6.04. The van der Waals surface area contributed by atoms with Crippen molar-refractivity contribution >= 4 is 21.6 Å².